The van der Waals surface area contributed by atoms with Gasteiger partial charge in [-0.2, -0.15) is 0 Å². The molecule has 0 fully saturated rings. The van der Waals surface area contributed by atoms with Crippen LogP contribution in [0.4, 0.5) is 12.9 Å². The molecule has 16 heavy (non-hydrogen) atoms. The third-order valence-corrected chi connectivity index (χ3v) is 2.49. The highest BCUT2D eigenvalue weighted by atomic mass is 19.4. The Labute approximate surface area is 90.6 Å². The van der Waals surface area contributed by atoms with Crippen LogP contribution in [-0.4, -0.2) is 12.1 Å². The number of hydrogen-bond donors (Lipinski definition) is 1. The summed E-state index contributed by atoms with van der Waals surface area (Å²) in [5, 5.41) is 10.1. The quantitative estimate of drug-likeness (QED) is 0.778. The molecule has 0 saturated carbocycles. The minimum Gasteiger partial charge on any atom is -0.445 e. The number of aliphatic hydroxyl groups excluding tert-OH is 1. The lowest BCUT2D eigenvalue weighted by molar-refractivity contribution is 0.282. The zero-order valence-electron chi connectivity index (χ0n) is 8.33. The predicted octanol–water partition coefficient (Wildman–Crippen LogP) is 2.39. The average molecular weight is 225 g/mol. The summed E-state index contributed by atoms with van der Waals surface area (Å²) in [7, 11) is 0. The normalized spacial score (nSPS) is 12.0. The third-order valence-electron chi connectivity index (χ3n) is 2.49. The van der Waals surface area contributed by atoms with Crippen LogP contribution in [0.2, 0.25) is 0 Å². The maximum absolute atomic E-state index is 12.5. The van der Waals surface area contributed by atoms with Crippen molar-refractivity contribution in [3.63, 3.8) is 0 Å². The van der Waals surface area contributed by atoms with E-state index in [-0.39, 0.29) is 6.61 Å². The van der Waals surface area contributed by atoms with Crippen molar-refractivity contribution < 1.29 is 18.1 Å². The minimum atomic E-state index is -4.96. The van der Waals surface area contributed by atoms with Crippen LogP contribution in [0.25, 0.3) is 10.8 Å². The lowest BCUT2D eigenvalue weighted by atomic mass is 9.79. The van der Waals surface area contributed by atoms with Crippen LogP contribution in [-0.2, 0) is 6.61 Å². The van der Waals surface area contributed by atoms with Crippen LogP contribution < -0.4 is 5.46 Å². The van der Waals surface area contributed by atoms with Crippen LogP contribution in [0.1, 0.15) is 5.56 Å². The monoisotopic (exact) mass is 225 g/mol. The van der Waals surface area contributed by atoms with Crippen LogP contribution in [0.5, 0.6) is 0 Å². The second-order valence-electron chi connectivity index (χ2n) is 3.67. The van der Waals surface area contributed by atoms with Gasteiger partial charge in [0.1, 0.15) is 0 Å². The van der Waals surface area contributed by atoms with E-state index in [4.69, 9.17) is 5.11 Å². The van der Waals surface area contributed by atoms with E-state index in [0.717, 1.165) is 17.5 Å². The molecule has 0 amide bonds. The number of hydrogen-bond acceptors (Lipinski definition) is 1. The molecular formula is C11H9BF3O-. The fraction of sp³-hybridized carbons (Fsp3) is 0.0909. The molecule has 0 aliphatic heterocycles. The molecule has 2 aromatic rings. The van der Waals surface area contributed by atoms with Gasteiger partial charge in [-0.25, -0.2) is 0 Å². The Balaban J connectivity index is 2.59. The van der Waals surface area contributed by atoms with Gasteiger partial charge in [-0.05, 0) is 22.4 Å². The van der Waals surface area contributed by atoms with Gasteiger partial charge >= 0.3 is 6.98 Å². The number of benzene rings is 2. The van der Waals surface area contributed by atoms with Crippen molar-refractivity contribution >= 4 is 23.2 Å². The Morgan fingerprint density at radius 1 is 0.938 bits per heavy atom. The Morgan fingerprint density at radius 3 is 2.25 bits per heavy atom. The molecule has 2 rings (SSSR count). The van der Waals surface area contributed by atoms with Gasteiger partial charge in [-0.3, -0.25) is 0 Å². The molecule has 0 unspecified atom stereocenters. The van der Waals surface area contributed by atoms with Crippen molar-refractivity contribution in [2.24, 2.45) is 0 Å². The SMILES string of the molecule is OCc1ccc2ccc([B-](F)(F)F)cc2c1. The molecule has 5 heteroatoms. The number of rotatable bonds is 2. The lowest BCUT2D eigenvalue weighted by Crippen LogP contribution is -2.33. The van der Waals surface area contributed by atoms with Crippen LogP contribution in [0, 0.1) is 0 Å². The summed E-state index contributed by atoms with van der Waals surface area (Å²) in [5.41, 5.74) is 0.00177. The van der Waals surface area contributed by atoms with E-state index in [9.17, 15) is 12.9 Å². The van der Waals surface area contributed by atoms with E-state index in [1.54, 1.807) is 18.2 Å². The van der Waals surface area contributed by atoms with E-state index >= 15 is 0 Å². The van der Waals surface area contributed by atoms with E-state index in [2.05, 4.69) is 0 Å². The van der Waals surface area contributed by atoms with Crippen molar-refractivity contribution in [2.75, 3.05) is 0 Å². The van der Waals surface area contributed by atoms with Crippen LogP contribution in [0.3, 0.4) is 0 Å². The van der Waals surface area contributed by atoms with Gasteiger partial charge in [0.2, 0.25) is 0 Å². The minimum absolute atomic E-state index is 0.169. The summed E-state index contributed by atoms with van der Waals surface area (Å²) in [6.45, 7) is -5.13. The van der Waals surface area contributed by atoms with E-state index in [0.29, 0.717) is 10.9 Å². The first-order valence-corrected chi connectivity index (χ1v) is 4.84. The van der Waals surface area contributed by atoms with Crippen molar-refractivity contribution in [2.45, 2.75) is 6.61 Å². The molecule has 0 saturated heterocycles. The standard InChI is InChI=1S/C11H9BF3O/c13-12(14,15)11-4-3-9-2-1-8(7-16)5-10(9)6-11/h1-6,16H,7H2/q-1. The Kier molecular flexibility index (Phi) is 2.64. The van der Waals surface area contributed by atoms with Gasteiger partial charge in [0.05, 0.1) is 6.61 Å². The third kappa shape index (κ3) is 2.04. The summed E-state index contributed by atoms with van der Waals surface area (Å²) < 4.78 is 37.5. The maximum atomic E-state index is 12.5. The molecule has 0 atom stereocenters. The average Bonchev–Trinajstić information content (AvgIpc) is 2.26. The van der Waals surface area contributed by atoms with Crippen molar-refractivity contribution in [1.82, 2.24) is 0 Å². The van der Waals surface area contributed by atoms with Gasteiger partial charge < -0.3 is 18.1 Å². The summed E-state index contributed by atoms with van der Waals surface area (Å²) in [6.07, 6.45) is 0. The molecule has 84 valence electrons. The predicted molar refractivity (Wildman–Crippen MR) is 58.6 cm³/mol. The van der Waals surface area contributed by atoms with Gasteiger partial charge in [-0.15, -0.1) is 5.46 Å². The molecule has 1 nitrogen and oxygen atoms in total. The highest BCUT2D eigenvalue weighted by molar-refractivity contribution is 6.73. The smallest absolute Gasteiger partial charge is 0.445 e. The van der Waals surface area contributed by atoms with Gasteiger partial charge in [0.15, 0.2) is 0 Å². The zero-order chi connectivity index (χ0) is 11.8. The fourth-order valence-electron chi connectivity index (χ4n) is 1.62. The molecular weight excluding hydrogens is 216 g/mol. The van der Waals surface area contributed by atoms with Crippen molar-refractivity contribution in [3.05, 3.63) is 42.0 Å². The largest absolute Gasteiger partial charge is 0.509 e. The second-order valence-corrected chi connectivity index (χ2v) is 3.67. The second kappa shape index (κ2) is 3.83. The molecule has 0 heterocycles. The van der Waals surface area contributed by atoms with Gasteiger partial charge in [0.25, 0.3) is 0 Å². The molecule has 0 radical (unpaired) electrons. The lowest BCUT2D eigenvalue weighted by Gasteiger charge is -2.15. The van der Waals surface area contributed by atoms with E-state index in [1.165, 1.54) is 6.07 Å². The Morgan fingerprint density at radius 2 is 1.62 bits per heavy atom. The summed E-state index contributed by atoms with van der Waals surface area (Å²) in [6, 6.07) is 8.62. The summed E-state index contributed by atoms with van der Waals surface area (Å²) >= 11 is 0. The van der Waals surface area contributed by atoms with Crippen LogP contribution >= 0.6 is 0 Å². The zero-order valence-corrected chi connectivity index (χ0v) is 8.33. The first kappa shape index (κ1) is 11.0. The van der Waals surface area contributed by atoms with Crippen molar-refractivity contribution in [3.8, 4) is 0 Å². The number of halogens is 3. The maximum Gasteiger partial charge on any atom is 0.509 e. The first-order chi connectivity index (χ1) is 7.50. The summed E-state index contributed by atoms with van der Waals surface area (Å²) in [5.74, 6) is 0. The van der Waals surface area contributed by atoms with Crippen molar-refractivity contribution in [1.29, 1.82) is 0 Å². The molecule has 0 spiro atoms. The highest BCUT2D eigenvalue weighted by Crippen LogP contribution is 2.18. The molecule has 0 aromatic heterocycles. The summed E-state index contributed by atoms with van der Waals surface area (Å²) in [4.78, 5) is 0. The van der Waals surface area contributed by atoms with E-state index < -0.39 is 12.4 Å². The molecule has 1 N–H and O–H groups in total. The number of aliphatic hydroxyl groups is 1. The Hall–Kier alpha value is -1.49. The Bertz CT molecular complexity index is 522. The molecule has 2 aromatic carbocycles. The number of fused-ring (bicyclic) bond motifs is 1. The topological polar surface area (TPSA) is 20.2 Å². The molecule has 0 bridgehead atoms. The highest BCUT2D eigenvalue weighted by Gasteiger charge is 2.25. The molecule has 0 aliphatic carbocycles. The van der Waals surface area contributed by atoms with E-state index in [1.807, 2.05) is 0 Å². The first-order valence-electron chi connectivity index (χ1n) is 4.84. The van der Waals surface area contributed by atoms with Gasteiger partial charge in [0, 0.05) is 0 Å². The van der Waals surface area contributed by atoms with Gasteiger partial charge in [-0.1, -0.05) is 30.3 Å². The van der Waals surface area contributed by atoms with Crippen LogP contribution in [0.15, 0.2) is 36.4 Å². The fourth-order valence-corrected chi connectivity index (χ4v) is 1.62. The molecule has 0 aliphatic rings.